The van der Waals surface area contributed by atoms with E-state index in [4.69, 9.17) is 10.5 Å². The maximum absolute atomic E-state index is 5.73. The number of unbranched alkanes of at least 4 members (excludes halogenated alkanes) is 2. The molecule has 0 aromatic carbocycles. The number of hydrogen-bond acceptors (Lipinski definition) is 4. The predicted molar refractivity (Wildman–Crippen MR) is 65.4 cm³/mol. The molecular weight excluding hydrogens is 216 g/mol. The fourth-order valence-corrected chi connectivity index (χ4v) is 2.32. The van der Waals surface area contributed by atoms with E-state index in [1.54, 1.807) is 0 Å². The molecule has 1 fully saturated rings. The standard InChI is InChI=1S/C12H22N4O/c1-2-3-4-7-16-12(10(9-13)14-15-16)11-6-5-8-17-11/h11H,2-9,13H2,1H3. The van der Waals surface area contributed by atoms with Crippen molar-refractivity contribution in [3.63, 3.8) is 0 Å². The van der Waals surface area contributed by atoms with Gasteiger partial charge >= 0.3 is 0 Å². The van der Waals surface area contributed by atoms with Gasteiger partial charge in [0.05, 0.1) is 5.69 Å². The first kappa shape index (κ1) is 12.5. The van der Waals surface area contributed by atoms with Gasteiger partial charge in [-0.3, -0.25) is 0 Å². The number of nitrogens with zero attached hydrogens (tertiary/aromatic N) is 3. The minimum absolute atomic E-state index is 0.158. The Labute approximate surface area is 102 Å². The van der Waals surface area contributed by atoms with E-state index in [0.29, 0.717) is 6.54 Å². The van der Waals surface area contributed by atoms with E-state index in [1.807, 2.05) is 4.68 Å². The molecule has 5 nitrogen and oxygen atoms in total. The lowest BCUT2D eigenvalue weighted by Gasteiger charge is -2.13. The average molecular weight is 238 g/mol. The van der Waals surface area contributed by atoms with Gasteiger partial charge in [-0.25, -0.2) is 4.68 Å². The number of rotatable bonds is 6. The molecule has 1 atom stereocenters. The highest BCUT2D eigenvalue weighted by molar-refractivity contribution is 5.14. The van der Waals surface area contributed by atoms with E-state index in [1.165, 1.54) is 12.8 Å². The highest BCUT2D eigenvalue weighted by atomic mass is 16.5. The van der Waals surface area contributed by atoms with E-state index >= 15 is 0 Å². The van der Waals surface area contributed by atoms with Gasteiger partial charge in [-0.05, 0) is 19.3 Å². The molecule has 96 valence electrons. The van der Waals surface area contributed by atoms with E-state index < -0.39 is 0 Å². The summed E-state index contributed by atoms with van der Waals surface area (Å²) >= 11 is 0. The molecule has 1 aromatic heterocycles. The van der Waals surface area contributed by atoms with Crippen LogP contribution in [0.2, 0.25) is 0 Å². The van der Waals surface area contributed by atoms with Crippen LogP contribution in [-0.2, 0) is 17.8 Å². The lowest BCUT2D eigenvalue weighted by atomic mass is 10.1. The molecule has 0 spiro atoms. The van der Waals surface area contributed by atoms with Crippen molar-refractivity contribution in [3.05, 3.63) is 11.4 Å². The molecule has 0 amide bonds. The van der Waals surface area contributed by atoms with Gasteiger partial charge in [0.25, 0.3) is 0 Å². The Kier molecular flexibility index (Phi) is 4.50. The van der Waals surface area contributed by atoms with Crippen molar-refractivity contribution in [3.8, 4) is 0 Å². The van der Waals surface area contributed by atoms with Crippen LogP contribution in [0.15, 0.2) is 0 Å². The summed E-state index contributed by atoms with van der Waals surface area (Å²) in [5.74, 6) is 0. The number of nitrogens with two attached hydrogens (primary N) is 1. The van der Waals surface area contributed by atoms with Gasteiger partial charge in [0.1, 0.15) is 11.8 Å². The Morgan fingerprint density at radius 3 is 3.00 bits per heavy atom. The molecule has 1 aliphatic rings. The van der Waals surface area contributed by atoms with Crippen LogP contribution in [0.25, 0.3) is 0 Å². The topological polar surface area (TPSA) is 66.0 Å². The van der Waals surface area contributed by atoms with Crippen LogP contribution in [0, 0.1) is 0 Å². The average Bonchev–Trinajstić information content (AvgIpc) is 2.96. The second kappa shape index (κ2) is 6.12. The maximum Gasteiger partial charge on any atom is 0.102 e. The van der Waals surface area contributed by atoms with Crippen molar-refractivity contribution in [1.82, 2.24) is 15.0 Å². The maximum atomic E-state index is 5.73. The molecule has 5 heteroatoms. The highest BCUT2D eigenvalue weighted by Gasteiger charge is 2.25. The quantitative estimate of drug-likeness (QED) is 0.767. The van der Waals surface area contributed by atoms with Crippen LogP contribution in [-0.4, -0.2) is 21.6 Å². The molecule has 2 heterocycles. The van der Waals surface area contributed by atoms with E-state index in [0.717, 1.165) is 43.8 Å². The van der Waals surface area contributed by atoms with E-state index in [2.05, 4.69) is 17.2 Å². The number of ether oxygens (including phenoxy) is 1. The molecule has 0 bridgehead atoms. The third-order valence-corrected chi connectivity index (χ3v) is 3.25. The first-order valence-corrected chi connectivity index (χ1v) is 6.60. The number of aromatic nitrogens is 3. The van der Waals surface area contributed by atoms with Gasteiger partial charge in [-0.1, -0.05) is 25.0 Å². The van der Waals surface area contributed by atoms with Crippen molar-refractivity contribution in [2.75, 3.05) is 6.61 Å². The molecule has 2 N–H and O–H groups in total. The summed E-state index contributed by atoms with van der Waals surface area (Å²) in [6.07, 6.45) is 5.92. The second-order valence-corrected chi connectivity index (χ2v) is 4.56. The molecule has 0 radical (unpaired) electrons. The Morgan fingerprint density at radius 2 is 2.35 bits per heavy atom. The molecule has 0 saturated carbocycles. The number of aryl methyl sites for hydroxylation is 1. The zero-order valence-corrected chi connectivity index (χ0v) is 10.6. The summed E-state index contributed by atoms with van der Waals surface area (Å²) in [5.41, 5.74) is 7.72. The normalized spacial score (nSPS) is 20.0. The van der Waals surface area contributed by atoms with Crippen LogP contribution < -0.4 is 5.73 Å². The van der Waals surface area contributed by atoms with Crippen molar-refractivity contribution in [2.45, 2.75) is 58.2 Å². The first-order valence-electron chi connectivity index (χ1n) is 6.60. The SMILES string of the molecule is CCCCCn1nnc(CN)c1C1CCCO1. The van der Waals surface area contributed by atoms with Gasteiger partial charge < -0.3 is 10.5 Å². The molecule has 1 unspecified atom stereocenters. The largest absolute Gasteiger partial charge is 0.372 e. The summed E-state index contributed by atoms with van der Waals surface area (Å²) in [4.78, 5) is 0. The molecule has 1 aliphatic heterocycles. The molecule has 1 aromatic rings. The molecular formula is C12H22N4O. The zero-order valence-electron chi connectivity index (χ0n) is 10.6. The fraction of sp³-hybridized carbons (Fsp3) is 0.833. The molecule has 1 saturated heterocycles. The Morgan fingerprint density at radius 1 is 1.47 bits per heavy atom. The monoisotopic (exact) mass is 238 g/mol. The van der Waals surface area contributed by atoms with E-state index in [9.17, 15) is 0 Å². The van der Waals surface area contributed by atoms with Crippen molar-refractivity contribution in [2.24, 2.45) is 5.73 Å². The summed E-state index contributed by atoms with van der Waals surface area (Å²) in [6, 6.07) is 0. The van der Waals surface area contributed by atoms with E-state index in [-0.39, 0.29) is 6.10 Å². The summed E-state index contributed by atoms with van der Waals surface area (Å²) in [6.45, 7) is 4.42. The number of hydrogen-bond donors (Lipinski definition) is 1. The lowest BCUT2D eigenvalue weighted by molar-refractivity contribution is 0.103. The van der Waals surface area contributed by atoms with Crippen LogP contribution in [0.4, 0.5) is 0 Å². The minimum atomic E-state index is 0.158. The van der Waals surface area contributed by atoms with Gasteiger partial charge in [0, 0.05) is 19.7 Å². The van der Waals surface area contributed by atoms with Crippen molar-refractivity contribution >= 4 is 0 Å². The fourth-order valence-electron chi connectivity index (χ4n) is 2.32. The van der Waals surface area contributed by atoms with Crippen LogP contribution in [0.1, 0.15) is 56.5 Å². The van der Waals surface area contributed by atoms with Crippen LogP contribution >= 0.6 is 0 Å². The third kappa shape index (κ3) is 2.84. The van der Waals surface area contributed by atoms with Crippen molar-refractivity contribution in [1.29, 1.82) is 0 Å². The van der Waals surface area contributed by atoms with Gasteiger partial charge in [-0.2, -0.15) is 0 Å². The minimum Gasteiger partial charge on any atom is -0.372 e. The molecule has 0 aliphatic carbocycles. The summed E-state index contributed by atoms with van der Waals surface area (Å²) < 4.78 is 7.72. The smallest absolute Gasteiger partial charge is 0.102 e. The predicted octanol–water partition coefficient (Wildman–Crippen LogP) is 1.78. The first-order chi connectivity index (χ1) is 8.36. The van der Waals surface area contributed by atoms with Crippen LogP contribution in [0.3, 0.4) is 0 Å². The lowest BCUT2D eigenvalue weighted by Crippen LogP contribution is -2.12. The molecule has 17 heavy (non-hydrogen) atoms. The summed E-state index contributed by atoms with van der Waals surface area (Å²) in [5, 5.41) is 8.38. The van der Waals surface area contributed by atoms with Crippen LogP contribution in [0.5, 0.6) is 0 Å². The van der Waals surface area contributed by atoms with Gasteiger partial charge in [0.2, 0.25) is 0 Å². The highest BCUT2D eigenvalue weighted by Crippen LogP contribution is 2.30. The van der Waals surface area contributed by atoms with Gasteiger partial charge in [-0.15, -0.1) is 5.10 Å². The Balaban J connectivity index is 2.10. The molecule has 2 rings (SSSR count). The van der Waals surface area contributed by atoms with Gasteiger partial charge in [0.15, 0.2) is 0 Å². The third-order valence-electron chi connectivity index (χ3n) is 3.25. The Bertz CT molecular complexity index is 344. The summed E-state index contributed by atoms with van der Waals surface area (Å²) in [7, 11) is 0. The van der Waals surface area contributed by atoms with Crippen molar-refractivity contribution < 1.29 is 4.74 Å². The zero-order chi connectivity index (χ0) is 12.1. The Hall–Kier alpha value is -0.940. The second-order valence-electron chi connectivity index (χ2n) is 4.56.